The highest BCUT2D eigenvalue weighted by Gasteiger charge is 2.11. The number of carbonyl (C=O) groups is 2. The van der Waals surface area contributed by atoms with Crippen LogP contribution >= 0.6 is 0 Å². The van der Waals surface area contributed by atoms with Crippen LogP contribution in [0.1, 0.15) is 27.6 Å². The van der Waals surface area contributed by atoms with Gasteiger partial charge in [-0.05, 0) is 49.4 Å². The third-order valence-corrected chi connectivity index (χ3v) is 2.96. The molecule has 0 radical (unpaired) electrons. The summed E-state index contributed by atoms with van der Waals surface area (Å²) in [6, 6.07) is 12.5. The first-order chi connectivity index (χ1) is 11.5. The van der Waals surface area contributed by atoms with Crippen molar-refractivity contribution in [3.05, 3.63) is 59.7 Å². The predicted molar refractivity (Wildman–Crippen MR) is 89.3 cm³/mol. The molecule has 0 fully saturated rings. The fourth-order valence-corrected chi connectivity index (χ4v) is 1.91. The van der Waals surface area contributed by atoms with E-state index in [9.17, 15) is 9.59 Å². The molecule has 7 heteroatoms. The second kappa shape index (κ2) is 7.77. The summed E-state index contributed by atoms with van der Waals surface area (Å²) in [4.78, 5) is 23.8. The van der Waals surface area contributed by atoms with Crippen LogP contribution in [-0.2, 0) is 4.74 Å². The minimum atomic E-state index is -0.564. The molecule has 0 aromatic heterocycles. The second-order valence-corrected chi connectivity index (χ2v) is 4.75. The summed E-state index contributed by atoms with van der Waals surface area (Å²) in [5.74, 6) is -0.988. The number of ether oxygens (including phenoxy) is 2. The van der Waals surface area contributed by atoms with Crippen molar-refractivity contribution in [1.29, 1.82) is 5.41 Å². The van der Waals surface area contributed by atoms with E-state index in [0.717, 1.165) is 0 Å². The summed E-state index contributed by atoms with van der Waals surface area (Å²) >= 11 is 0. The Kier molecular flexibility index (Phi) is 5.51. The predicted octanol–water partition coefficient (Wildman–Crippen LogP) is 2.39. The first-order valence-electron chi connectivity index (χ1n) is 7.20. The molecule has 0 bridgehead atoms. The first-order valence-corrected chi connectivity index (χ1v) is 7.20. The molecule has 0 spiro atoms. The molecule has 0 amide bonds. The van der Waals surface area contributed by atoms with E-state index in [1.54, 1.807) is 49.4 Å². The zero-order valence-corrected chi connectivity index (χ0v) is 13.0. The van der Waals surface area contributed by atoms with Gasteiger partial charge in [-0.15, -0.1) is 0 Å². The molecule has 0 atom stereocenters. The number of hydrogen-bond donors (Lipinski definition) is 3. The van der Waals surface area contributed by atoms with Crippen LogP contribution in [0.4, 0.5) is 5.69 Å². The van der Waals surface area contributed by atoms with Crippen LogP contribution in [0.5, 0.6) is 5.75 Å². The molecule has 0 heterocycles. The van der Waals surface area contributed by atoms with Crippen LogP contribution in [0.2, 0.25) is 0 Å². The van der Waals surface area contributed by atoms with E-state index >= 15 is 0 Å². The third-order valence-electron chi connectivity index (χ3n) is 2.96. The van der Waals surface area contributed by atoms with Crippen LogP contribution in [0.3, 0.4) is 0 Å². The minimum absolute atomic E-state index is 0.193. The lowest BCUT2D eigenvalue weighted by molar-refractivity contribution is 0.0524. The average molecular weight is 327 g/mol. The molecule has 0 aliphatic rings. The van der Waals surface area contributed by atoms with Gasteiger partial charge >= 0.3 is 11.9 Å². The maximum atomic E-state index is 12.1. The molecule has 0 saturated heterocycles. The van der Waals surface area contributed by atoms with Gasteiger partial charge in [0.1, 0.15) is 5.75 Å². The van der Waals surface area contributed by atoms with E-state index < -0.39 is 11.9 Å². The van der Waals surface area contributed by atoms with Gasteiger partial charge in [0.25, 0.3) is 0 Å². The summed E-state index contributed by atoms with van der Waals surface area (Å²) in [5.41, 5.74) is 6.45. The Hall–Kier alpha value is -3.35. The Morgan fingerprint density at radius 2 is 1.79 bits per heavy atom. The van der Waals surface area contributed by atoms with E-state index in [1.807, 2.05) is 0 Å². The number of nitrogens with one attached hydrogen (secondary N) is 2. The van der Waals surface area contributed by atoms with Crippen molar-refractivity contribution in [1.82, 2.24) is 0 Å². The summed E-state index contributed by atoms with van der Waals surface area (Å²) in [6.07, 6.45) is 0. The Morgan fingerprint density at radius 3 is 2.42 bits per heavy atom. The highest BCUT2D eigenvalue weighted by Crippen LogP contribution is 2.17. The summed E-state index contributed by atoms with van der Waals surface area (Å²) in [6.45, 7) is 1.98. The van der Waals surface area contributed by atoms with Gasteiger partial charge in [0.15, 0.2) is 5.96 Å². The van der Waals surface area contributed by atoms with Gasteiger partial charge in [0, 0.05) is 5.69 Å². The van der Waals surface area contributed by atoms with E-state index in [1.165, 1.54) is 6.07 Å². The van der Waals surface area contributed by atoms with Crippen molar-refractivity contribution in [3.8, 4) is 5.75 Å². The third kappa shape index (κ3) is 4.57. The zero-order valence-electron chi connectivity index (χ0n) is 13.0. The van der Waals surface area contributed by atoms with Crippen molar-refractivity contribution in [3.63, 3.8) is 0 Å². The fourth-order valence-electron chi connectivity index (χ4n) is 1.91. The Morgan fingerprint density at radius 1 is 1.08 bits per heavy atom. The van der Waals surface area contributed by atoms with Crippen LogP contribution < -0.4 is 15.8 Å². The number of rotatable bonds is 5. The summed E-state index contributed by atoms with van der Waals surface area (Å²) in [5, 5.41) is 9.75. The molecule has 2 rings (SSSR count). The standard InChI is InChI=1S/C17H17N3O4/c1-2-23-15(21)12-4-3-5-14(10-12)24-16(22)11-6-8-13(9-7-11)20-17(18)19/h3-10H,2H2,1H3,(H4,18,19,20). The van der Waals surface area contributed by atoms with E-state index in [4.69, 9.17) is 20.6 Å². The van der Waals surface area contributed by atoms with Gasteiger partial charge in [-0.2, -0.15) is 0 Å². The second-order valence-electron chi connectivity index (χ2n) is 4.75. The SMILES string of the molecule is CCOC(=O)c1cccc(OC(=O)c2ccc(NC(=N)N)cc2)c1. The van der Waals surface area contributed by atoms with E-state index in [-0.39, 0.29) is 18.3 Å². The van der Waals surface area contributed by atoms with Gasteiger partial charge in [0.2, 0.25) is 0 Å². The maximum absolute atomic E-state index is 12.1. The number of anilines is 1. The van der Waals surface area contributed by atoms with Crippen LogP contribution in [0, 0.1) is 5.41 Å². The number of benzene rings is 2. The minimum Gasteiger partial charge on any atom is -0.462 e. The molecule has 24 heavy (non-hydrogen) atoms. The highest BCUT2D eigenvalue weighted by atomic mass is 16.5. The lowest BCUT2D eigenvalue weighted by atomic mass is 10.2. The van der Waals surface area contributed by atoms with Gasteiger partial charge in [0.05, 0.1) is 17.7 Å². The summed E-state index contributed by atoms with van der Waals surface area (Å²) in [7, 11) is 0. The van der Waals surface area contributed by atoms with Crippen molar-refractivity contribution >= 4 is 23.6 Å². The monoisotopic (exact) mass is 327 g/mol. The molecule has 0 saturated carbocycles. The zero-order chi connectivity index (χ0) is 17.5. The Bertz CT molecular complexity index is 757. The van der Waals surface area contributed by atoms with E-state index in [2.05, 4.69) is 5.32 Å². The maximum Gasteiger partial charge on any atom is 0.343 e. The van der Waals surface area contributed by atoms with Crippen molar-refractivity contribution in [2.45, 2.75) is 6.92 Å². The van der Waals surface area contributed by atoms with Gasteiger partial charge < -0.3 is 20.5 Å². The van der Waals surface area contributed by atoms with Gasteiger partial charge in [-0.1, -0.05) is 6.07 Å². The van der Waals surface area contributed by atoms with Gasteiger partial charge in [-0.3, -0.25) is 5.41 Å². The molecular weight excluding hydrogens is 310 g/mol. The fraction of sp³-hybridized carbons (Fsp3) is 0.118. The Labute approximate surface area is 138 Å². The normalized spacial score (nSPS) is 9.88. The largest absolute Gasteiger partial charge is 0.462 e. The van der Waals surface area contributed by atoms with Crippen molar-refractivity contribution < 1.29 is 19.1 Å². The smallest absolute Gasteiger partial charge is 0.343 e. The van der Waals surface area contributed by atoms with Crippen LogP contribution in [0.25, 0.3) is 0 Å². The van der Waals surface area contributed by atoms with Crippen molar-refractivity contribution in [2.75, 3.05) is 11.9 Å². The van der Waals surface area contributed by atoms with Gasteiger partial charge in [-0.25, -0.2) is 9.59 Å². The molecule has 0 aliphatic heterocycles. The molecular formula is C17H17N3O4. The molecule has 7 nitrogen and oxygen atoms in total. The average Bonchev–Trinajstić information content (AvgIpc) is 2.55. The molecule has 4 N–H and O–H groups in total. The first kappa shape index (κ1) is 17.0. The number of guanidine groups is 1. The molecule has 2 aromatic carbocycles. The quantitative estimate of drug-likeness (QED) is 0.336. The number of hydrogen-bond acceptors (Lipinski definition) is 5. The Balaban J connectivity index is 2.08. The van der Waals surface area contributed by atoms with Crippen LogP contribution in [0.15, 0.2) is 48.5 Å². The summed E-state index contributed by atoms with van der Waals surface area (Å²) < 4.78 is 10.2. The lowest BCUT2D eigenvalue weighted by Crippen LogP contribution is -2.20. The number of esters is 2. The topological polar surface area (TPSA) is 114 Å². The lowest BCUT2D eigenvalue weighted by Gasteiger charge is -2.07. The molecule has 0 aliphatic carbocycles. The van der Waals surface area contributed by atoms with Crippen molar-refractivity contribution in [2.24, 2.45) is 5.73 Å². The molecule has 124 valence electrons. The van der Waals surface area contributed by atoms with Crippen LogP contribution in [-0.4, -0.2) is 24.5 Å². The molecule has 2 aromatic rings. The molecule has 0 unspecified atom stereocenters. The van der Waals surface area contributed by atoms with E-state index in [0.29, 0.717) is 16.8 Å². The number of nitrogens with two attached hydrogens (primary N) is 1. The highest BCUT2D eigenvalue weighted by molar-refractivity contribution is 5.94. The number of carbonyl (C=O) groups excluding carboxylic acids is 2.